The van der Waals surface area contributed by atoms with Crippen molar-refractivity contribution in [2.24, 2.45) is 0 Å². The topological polar surface area (TPSA) is 37.4 Å². The fourth-order valence-electron chi connectivity index (χ4n) is 4.67. The highest BCUT2D eigenvalue weighted by Gasteiger charge is 2.40. The molecule has 0 bridgehead atoms. The SMILES string of the molecule is Cc1ccc(S(=O)(=O)N2CCCC3=C2c2ccc(Br)cc2[C@@H]3c2ccccc2)cc1. The van der Waals surface area contributed by atoms with Gasteiger partial charge in [0.25, 0.3) is 10.0 Å². The van der Waals surface area contributed by atoms with E-state index in [-0.39, 0.29) is 5.92 Å². The minimum atomic E-state index is -3.63. The molecule has 3 aromatic rings. The van der Waals surface area contributed by atoms with E-state index >= 15 is 0 Å². The van der Waals surface area contributed by atoms with E-state index in [1.165, 1.54) is 16.7 Å². The zero-order valence-electron chi connectivity index (χ0n) is 16.7. The molecule has 2 aliphatic rings. The molecule has 5 rings (SSSR count). The molecular weight excluding hydrogens is 458 g/mol. The Kier molecular flexibility index (Phi) is 4.83. The average molecular weight is 480 g/mol. The number of nitrogens with zero attached hydrogens (tertiary/aromatic N) is 1. The average Bonchev–Trinajstić information content (AvgIpc) is 3.08. The summed E-state index contributed by atoms with van der Waals surface area (Å²) in [5, 5.41) is 0. The monoisotopic (exact) mass is 479 g/mol. The van der Waals surface area contributed by atoms with Gasteiger partial charge in [0.2, 0.25) is 0 Å². The van der Waals surface area contributed by atoms with Crippen LogP contribution < -0.4 is 0 Å². The summed E-state index contributed by atoms with van der Waals surface area (Å²) in [4.78, 5) is 0.351. The Morgan fingerprint density at radius 3 is 2.43 bits per heavy atom. The molecule has 152 valence electrons. The van der Waals surface area contributed by atoms with Gasteiger partial charge in [-0.3, -0.25) is 4.31 Å². The van der Waals surface area contributed by atoms with Gasteiger partial charge >= 0.3 is 0 Å². The Morgan fingerprint density at radius 1 is 0.967 bits per heavy atom. The van der Waals surface area contributed by atoms with Gasteiger partial charge in [0.15, 0.2) is 0 Å². The lowest BCUT2D eigenvalue weighted by Gasteiger charge is -2.32. The quantitative estimate of drug-likeness (QED) is 0.455. The first-order valence-corrected chi connectivity index (χ1v) is 12.4. The second kappa shape index (κ2) is 7.40. The van der Waals surface area contributed by atoms with E-state index in [0.717, 1.165) is 34.1 Å². The highest BCUT2D eigenvalue weighted by atomic mass is 79.9. The second-order valence-corrected chi connectivity index (χ2v) is 10.7. The minimum absolute atomic E-state index is 0.0877. The Balaban J connectivity index is 1.70. The summed E-state index contributed by atoms with van der Waals surface area (Å²) in [6.45, 7) is 2.47. The summed E-state index contributed by atoms with van der Waals surface area (Å²) < 4.78 is 29.9. The van der Waals surface area contributed by atoms with Crippen LogP contribution in [0.15, 0.2) is 87.7 Å². The fraction of sp³-hybridized carbons (Fsp3) is 0.200. The van der Waals surface area contributed by atoms with E-state index in [0.29, 0.717) is 11.4 Å². The first kappa shape index (κ1) is 19.6. The van der Waals surface area contributed by atoms with Crippen LogP contribution in [0.25, 0.3) is 5.70 Å². The molecule has 0 amide bonds. The van der Waals surface area contributed by atoms with Crippen molar-refractivity contribution in [3.05, 3.63) is 105 Å². The maximum Gasteiger partial charge on any atom is 0.264 e. The molecule has 0 fully saturated rings. The molecule has 1 atom stereocenters. The van der Waals surface area contributed by atoms with Gasteiger partial charge in [0.1, 0.15) is 0 Å². The summed E-state index contributed by atoms with van der Waals surface area (Å²) in [5.74, 6) is 0.0877. The molecule has 0 aromatic heterocycles. The molecular formula is C25H22BrNO2S. The molecule has 0 N–H and O–H groups in total. The molecule has 3 nitrogen and oxygen atoms in total. The number of sulfonamides is 1. The molecule has 0 saturated carbocycles. The predicted molar refractivity (Wildman–Crippen MR) is 124 cm³/mol. The lowest BCUT2D eigenvalue weighted by Crippen LogP contribution is -2.33. The number of hydrogen-bond acceptors (Lipinski definition) is 2. The molecule has 0 unspecified atom stereocenters. The van der Waals surface area contributed by atoms with Crippen LogP contribution in [0.1, 0.15) is 41.0 Å². The van der Waals surface area contributed by atoms with E-state index in [1.54, 1.807) is 16.4 Å². The molecule has 1 heterocycles. The first-order chi connectivity index (χ1) is 14.5. The van der Waals surface area contributed by atoms with Gasteiger partial charge in [-0.1, -0.05) is 70.0 Å². The predicted octanol–water partition coefficient (Wildman–Crippen LogP) is 6.10. The maximum absolute atomic E-state index is 13.6. The van der Waals surface area contributed by atoms with Crippen LogP contribution in [0.3, 0.4) is 0 Å². The third kappa shape index (κ3) is 3.12. The van der Waals surface area contributed by atoms with Gasteiger partial charge in [-0.15, -0.1) is 0 Å². The van der Waals surface area contributed by atoms with E-state index in [1.807, 2.05) is 31.2 Å². The maximum atomic E-state index is 13.6. The van der Waals surface area contributed by atoms with Crippen molar-refractivity contribution in [1.29, 1.82) is 0 Å². The normalized spacial score (nSPS) is 18.3. The molecule has 0 radical (unpaired) electrons. The Labute approximate surface area is 186 Å². The van der Waals surface area contributed by atoms with Gasteiger partial charge in [-0.05, 0) is 60.7 Å². The van der Waals surface area contributed by atoms with E-state index in [2.05, 4.69) is 52.3 Å². The Hall–Kier alpha value is -2.37. The van der Waals surface area contributed by atoms with Crippen molar-refractivity contribution in [3.8, 4) is 0 Å². The summed E-state index contributed by atoms with van der Waals surface area (Å²) >= 11 is 3.61. The number of halogens is 1. The van der Waals surface area contributed by atoms with Gasteiger partial charge in [0.05, 0.1) is 10.6 Å². The van der Waals surface area contributed by atoms with Crippen molar-refractivity contribution in [1.82, 2.24) is 4.31 Å². The molecule has 30 heavy (non-hydrogen) atoms. The number of allylic oxidation sites excluding steroid dienone is 1. The highest BCUT2D eigenvalue weighted by molar-refractivity contribution is 9.10. The second-order valence-electron chi connectivity index (χ2n) is 7.94. The van der Waals surface area contributed by atoms with Crippen LogP contribution in [-0.4, -0.2) is 19.3 Å². The van der Waals surface area contributed by atoms with Crippen molar-refractivity contribution in [2.45, 2.75) is 30.6 Å². The number of aryl methyl sites for hydroxylation is 1. The summed E-state index contributed by atoms with van der Waals surface area (Å²) in [7, 11) is -3.63. The summed E-state index contributed by atoms with van der Waals surface area (Å²) in [6.07, 6.45) is 1.73. The van der Waals surface area contributed by atoms with Crippen molar-refractivity contribution >= 4 is 31.7 Å². The Morgan fingerprint density at radius 2 is 1.70 bits per heavy atom. The number of hydrogen-bond donors (Lipinski definition) is 0. The molecule has 0 saturated heterocycles. The zero-order valence-corrected chi connectivity index (χ0v) is 19.1. The molecule has 1 aliphatic heterocycles. The van der Waals surface area contributed by atoms with E-state index < -0.39 is 10.0 Å². The minimum Gasteiger partial charge on any atom is -0.266 e. The summed E-state index contributed by atoms with van der Waals surface area (Å²) in [5.41, 5.74) is 6.53. The third-order valence-corrected chi connectivity index (χ3v) is 8.34. The number of rotatable bonds is 3. The van der Waals surface area contributed by atoms with Crippen molar-refractivity contribution in [3.63, 3.8) is 0 Å². The van der Waals surface area contributed by atoms with Crippen LogP contribution in [0.2, 0.25) is 0 Å². The van der Waals surface area contributed by atoms with E-state index in [4.69, 9.17) is 0 Å². The van der Waals surface area contributed by atoms with Gasteiger partial charge in [-0.25, -0.2) is 8.42 Å². The van der Waals surface area contributed by atoms with Gasteiger partial charge < -0.3 is 0 Å². The molecule has 1 aliphatic carbocycles. The molecule has 5 heteroatoms. The smallest absolute Gasteiger partial charge is 0.264 e. The number of fused-ring (bicyclic) bond motifs is 2. The van der Waals surface area contributed by atoms with E-state index in [9.17, 15) is 8.42 Å². The van der Waals surface area contributed by atoms with Crippen molar-refractivity contribution < 1.29 is 8.42 Å². The zero-order chi connectivity index (χ0) is 20.9. The fourth-order valence-corrected chi connectivity index (χ4v) is 6.61. The first-order valence-electron chi connectivity index (χ1n) is 10.1. The van der Waals surface area contributed by atoms with Crippen LogP contribution >= 0.6 is 15.9 Å². The Bertz CT molecular complexity index is 1250. The molecule has 0 spiro atoms. The highest BCUT2D eigenvalue weighted by Crippen LogP contribution is 2.52. The standard InChI is InChI=1S/C25H22BrNO2S/c1-17-9-12-20(13-10-17)30(28,29)27-15-5-8-22-24(18-6-3-2-4-7-18)23-16-19(26)11-14-21(23)25(22)27/h2-4,6-7,9-14,16,24H,5,8,15H2,1H3/t24-/m1/s1. The van der Waals surface area contributed by atoms with Gasteiger partial charge in [0, 0.05) is 22.5 Å². The largest absolute Gasteiger partial charge is 0.266 e. The van der Waals surface area contributed by atoms with Crippen LogP contribution in [0.5, 0.6) is 0 Å². The summed E-state index contributed by atoms with van der Waals surface area (Å²) in [6, 6.07) is 23.7. The van der Waals surface area contributed by atoms with Gasteiger partial charge in [-0.2, -0.15) is 0 Å². The number of benzene rings is 3. The van der Waals surface area contributed by atoms with Crippen molar-refractivity contribution in [2.75, 3.05) is 6.54 Å². The molecule has 3 aromatic carbocycles. The third-order valence-electron chi connectivity index (χ3n) is 6.03. The lowest BCUT2D eigenvalue weighted by atomic mass is 9.86. The van der Waals surface area contributed by atoms with Crippen LogP contribution in [0, 0.1) is 6.92 Å². The van der Waals surface area contributed by atoms with Crippen LogP contribution in [-0.2, 0) is 10.0 Å². The lowest BCUT2D eigenvalue weighted by molar-refractivity contribution is 0.483. The van der Waals surface area contributed by atoms with Crippen LogP contribution in [0.4, 0.5) is 0 Å².